The molecular weight excluding hydrogens is 396 g/mol. The van der Waals surface area contributed by atoms with Gasteiger partial charge in [-0.2, -0.15) is 0 Å². The summed E-state index contributed by atoms with van der Waals surface area (Å²) >= 11 is 6.14. The lowest BCUT2D eigenvalue weighted by atomic mass is 9.95. The molecule has 0 heterocycles. The number of carbonyl (C=O) groups is 2. The third-order valence-corrected chi connectivity index (χ3v) is 6.07. The van der Waals surface area contributed by atoms with Crippen LogP contribution in [0.2, 0.25) is 5.02 Å². The molecule has 0 aliphatic heterocycles. The maximum absolute atomic E-state index is 13.2. The molecule has 30 heavy (non-hydrogen) atoms. The molecule has 1 atom stereocenters. The Kier molecular flexibility index (Phi) is 8.32. The Morgan fingerprint density at radius 2 is 1.73 bits per heavy atom. The second-order valence-electron chi connectivity index (χ2n) is 8.16. The largest absolute Gasteiger partial charge is 0.352 e. The van der Waals surface area contributed by atoms with Gasteiger partial charge in [0.2, 0.25) is 11.8 Å². The van der Waals surface area contributed by atoms with Crippen molar-refractivity contribution in [1.82, 2.24) is 10.2 Å². The fourth-order valence-electron chi connectivity index (χ4n) is 4.02. The Bertz CT molecular complexity index is 834. The van der Waals surface area contributed by atoms with Gasteiger partial charge in [-0.15, -0.1) is 0 Å². The standard InChI is InChI=1S/C25H31ClN2O2/c1-19(25(30)27-23-13-6-3-7-14-23)28(18-21-11-8-12-22(26)17-21)24(29)16-15-20-9-4-2-5-10-20/h2,4-5,8-12,17,19,23H,3,6-7,13-16,18H2,1H3,(H,27,30)/t19-/m0/s1. The van der Waals surface area contributed by atoms with Crippen LogP contribution in [0.25, 0.3) is 0 Å². The molecule has 1 aliphatic carbocycles. The first kappa shape index (κ1) is 22.4. The maximum atomic E-state index is 13.2. The van der Waals surface area contributed by atoms with Crippen LogP contribution in [-0.4, -0.2) is 28.8 Å². The van der Waals surface area contributed by atoms with Gasteiger partial charge in [-0.1, -0.05) is 73.3 Å². The molecule has 2 aromatic rings. The summed E-state index contributed by atoms with van der Waals surface area (Å²) in [6, 6.07) is 17.1. The molecule has 1 N–H and O–H groups in total. The average Bonchev–Trinajstić information content (AvgIpc) is 2.77. The molecule has 0 radical (unpaired) electrons. The molecule has 1 aliphatic rings. The first-order valence-corrected chi connectivity index (χ1v) is 11.3. The van der Waals surface area contributed by atoms with E-state index in [2.05, 4.69) is 5.32 Å². The Hall–Kier alpha value is -2.33. The summed E-state index contributed by atoms with van der Waals surface area (Å²) in [5, 5.41) is 3.79. The summed E-state index contributed by atoms with van der Waals surface area (Å²) in [7, 11) is 0. The first-order chi connectivity index (χ1) is 14.5. The van der Waals surface area contributed by atoms with E-state index >= 15 is 0 Å². The summed E-state index contributed by atoms with van der Waals surface area (Å²) in [6.07, 6.45) is 6.61. The fraction of sp³-hybridized carbons (Fsp3) is 0.440. The molecule has 0 aromatic heterocycles. The van der Waals surface area contributed by atoms with Crippen LogP contribution >= 0.6 is 11.6 Å². The monoisotopic (exact) mass is 426 g/mol. The van der Waals surface area contributed by atoms with Gasteiger partial charge in [0.15, 0.2) is 0 Å². The van der Waals surface area contributed by atoms with Crippen LogP contribution < -0.4 is 5.32 Å². The van der Waals surface area contributed by atoms with E-state index in [9.17, 15) is 9.59 Å². The molecule has 2 aromatic carbocycles. The molecule has 160 valence electrons. The fourth-order valence-corrected chi connectivity index (χ4v) is 4.24. The van der Waals surface area contributed by atoms with Gasteiger partial charge in [0.05, 0.1) is 0 Å². The maximum Gasteiger partial charge on any atom is 0.242 e. The van der Waals surface area contributed by atoms with Crippen molar-refractivity contribution in [3.05, 3.63) is 70.7 Å². The van der Waals surface area contributed by atoms with Crippen LogP contribution in [0.4, 0.5) is 0 Å². The van der Waals surface area contributed by atoms with Crippen LogP contribution in [0.5, 0.6) is 0 Å². The first-order valence-electron chi connectivity index (χ1n) is 10.9. The highest BCUT2D eigenvalue weighted by Crippen LogP contribution is 2.19. The topological polar surface area (TPSA) is 49.4 Å². The Labute approximate surface area is 184 Å². The van der Waals surface area contributed by atoms with Crippen molar-refractivity contribution in [3.8, 4) is 0 Å². The van der Waals surface area contributed by atoms with Crippen molar-refractivity contribution in [2.24, 2.45) is 0 Å². The average molecular weight is 427 g/mol. The number of carbonyl (C=O) groups excluding carboxylic acids is 2. The van der Waals surface area contributed by atoms with E-state index in [0.717, 1.165) is 36.8 Å². The number of halogens is 1. The summed E-state index contributed by atoms with van der Waals surface area (Å²) in [5.74, 6) is -0.0953. The molecule has 2 amide bonds. The third-order valence-electron chi connectivity index (χ3n) is 5.83. The normalized spacial score (nSPS) is 15.4. The second-order valence-corrected chi connectivity index (χ2v) is 8.59. The minimum atomic E-state index is -0.533. The van der Waals surface area contributed by atoms with Gasteiger partial charge >= 0.3 is 0 Å². The molecule has 4 nitrogen and oxygen atoms in total. The van der Waals surface area contributed by atoms with Gasteiger partial charge < -0.3 is 10.2 Å². The summed E-state index contributed by atoms with van der Waals surface area (Å²) in [6.45, 7) is 2.19. The highest BCUT2D eigenvalue weighted by atomic mass is 35.5. The SMILES string of the molecule is C[C@@H](C(=O)NC1CCCCC1)N(Cc1cccc(Cl)c1)C(=O)CCc1ccccc1. The second kappa shape index (κ2) is 11.2. The number of nitrogens with one attached hydrogen (secondary N) is 1. The van der Waals surface area contributed by atoms with Crippen molar-refractivity contribution in [2.75, 3.05) is 0 Å². The quantitative estimate of drug-likeness (QED) is 0.635. The molecule has 0 unspecified atom stereocenters. The predicted octanol–water partition coefficient (Wildman–Crippen LogP) is 5.14. The van der Waals surface area contributed by atoms with Crippen molar-refractivity contribution < 1.29 is 9.59 Å². The molecule has 0 saturated heterocycles. The third kappa shape index (κ3) is 6.60. The van der Waals surface area contributed by atoms with Crippen LogP contribution in [0, 0.1) is 0 Å². The zero-order chi connectivity index (χ0) is 21.3. The molecule has 3 rings (SSSR count). The highest BCUT2D eigenvalue weighted by molar-refractivity contribution is 6.30. The van der Waals surface area contributed by atoms with Crippen LogP contribution in [-0.2, 0) is 22.6 Å². The Balaban J connectivity index is 1.69. The van der Waals surface area contributed by atoms with E-state index in [0.29, 0.717) is 24.4 Å². The number of hydrogen-bond acceptors (Lipinski definition) is 2. The molecule has 1 fully saturated rings. The van der Waals surface area contributed by atoms with E-state index in [1.807, 2.05) is 61.5 Å². The number of nitrogens with zero attached hydrogens (tertiary/aromatic N) is 1. The van der Waals surface area contributed by atoms with Gasteiger partial charge in [0.25, 0.3) is 0 Å². The summed E-state index contributed by atoms with van der Waals surface area (Å²) in [4.78, 5) is 27.8. The number of amides is 2. The lowest BCUT2D eigenvalue weighted by molar-refractivity contribution is -0.141. The van der Waals surface area contributed by atoms with Gasteiger partial charge in [0, 0.05) is 24.0 Å². The van der Waals surface area contributed by atoms with Gasteiger partial charge in [-0.25, -0.2) is 0 Å². The van der Waals surface area contributed by atoms with Gasteiger partial charge in [-0.3, -0.25) is 9.59 Å². The number of benzene rings is 2. The van der Waals surface area contributed by atoms with E-state index in [1.54, 1.807) is 4.90 Å². The smallest absolute Gasteiger partial charge is 0.242 e. The zero-order valence-corrected chi connectivity index (χ0v) is 18.4. The lowest BCUT2D eigenvalue weighted by Gasteiger charge is -2.31. The van der Waals surface area contributed by atoms with Gasteiger partial charge in [0.1, 0.15) is 6.04 Å². The van der Waals surface area contributed by atoms with Crippen molar-refractivity contribution in [3.63, 3.8) is 0 Å². The minimum Gasteiger partial charge on any atom is -0.352 e. The molecule has 0 spiro atoms. The number of rotatable bonds is 8. The predicted molar refractivity (Wildman–Crippen MR) is 121 cm³/mol. The van der Waals surface area contributed by atoms with Crippen LogP contribution in [0.15, 0.2) is 54.6 Å². The number of hydrogen-bond donors (Lipinski definition) is 1. The zero-order valence-electron chi connectivity index (χ0n) is 17.6. The minimum absolute atomic E-state index is 0.0230. The van der Waals surface area contributed by atoms with Gasteiger partial charge in [-0.05, 0) is 49.4 Å². The lowest BCUT2D eigenvalue weighted by Crippen LogP contribution is -2.50. The molecule has 1 saturated carbocycles. The highest BCUT2D eigenvalue weighted by Gasteiger charge is 2.27. The summed E-state index contributed by atoms with van der Waals surface area (Å²) in [5.41, 5.74) is 2.04. The molecule has 0 bridgehead atoms. The molecule has 5 heteroatoms. The Morgan fingerprint density at radius 1 is 1.03 bits per heavy atom. The van der Waals surface area contributed by atoms with E-state index in [1.165, 1.54) is 6.42 Å². The van der Waals surface area contributed by atoms with E-state index < -0.39 is 6.04 Å². The summed E-state index contributed by atoms with van der Waals surface area (Å²) < 4.78 is 0. The van der Waals surface area contributed by atoms with E-state index in [-0.39, 0.29) is 17.9 Å². The van der Waals surface area contributed by atoms with Crippen LogP contribution in [0.1, 0.15) is 56.6 Å². The van der Waals surface area contributed by atoms with E-state index in [4.69, 9.17) is 11.6 Å². The van der Waals surface area contributed by atoms with Crippen molar-refractivity contribution in [1.29, 1.82) is 0 Å². The van der Waals surface area contributed by atoms with Crippen molar-refractivity contribution >= 4 is 23.4 Å². The number of aryl methyl sites for hydroxylation is 1. The van der Waals surface area contributed by atoms with Crippen LogP contribution in [0.3, 0.4) is 0 Å². The van der Waals surface area contributed by atoms with Crippen molar-refractivity contribution in [2.45, 2.75) is 70.5 Å². The molecular formula is C25H31ClN2O2. The Morgan fingerprint density at radius 3 is 2.43 bits per heavy atom.